The van der Waals surface area contributed by atoms with Crippen LogP contribution in [-0.4, -0.2) is 18.2 Å². The molecule has 0 aromatic rings. The van der Waals surface area contributed by atoms with Crippen LogP contribution in [0.15, 0.2) is 23.8 Å². The predicted molar refractivity (Wildman–Crippen MR) is 57.2 cm³/mol. The van der Waals surface area contributed by atoms with Gasteiger partial charge in [0.25, 0.3) is 0 Å². The van der Waals surface area contributed by atoms with Gasteiger partial charge < -0.3 is 4.74 Å². The van der Waals surface area contributed by atoms with Gasteiger partial charge in [0.05, 0.1) is 0 Å². The van der Waals surface area contributed by atoms with Crippen LogP contribution in [0.25, 0.3) is 0 Å². The first kappa shape index (κ1) is 13.8. The van der Waals surface area contributed by atoms with Gasteiger partial charge in [-0.05, 0) is 38.2 Å². The summed E-state index contributed by atoms with van der Waals surface area (Å²) in [6.07, 6.45) is -2.81. The van der Waals surface area contributed by atoms with Crippen molar-refractivity contribution < 1.29 is 22.7 Å². The SMILES string of the molecule is C=C(C)[C@H]1CC=C(C)[C@H](OC(=O)C(F)(F)F)C1. The van der Waals surface area contributed by atoms with Gasteiger partial charge in [0.15, 0.2) is 0 Å². The molecule has 0 N–H and O–H groups in total. The summed E-state index contributed by atoms with van der Waals surface area (Å²) in [7, 11) is 0. The molecule has 0 unspecified atom stereocenters. The number of ether oxygens (including phenoxy) is 1. The van der Waals surface area contributed by atoms with Gasteiger partial charge in [0, 0.05) is 0 Å². The first-order valence-electron chi connectivity index (χ1n) is 5.31. The predicted octanol–water partition coefficient (Wildman–Crippen LogP) is 3.39. The second kappa shape index (κ2) is 4.94. The van der Waals surface area contributed by atoms with E-state index in [4.69, 9.17) is 0 Å². The zero-order valence-electron chi connectivity index (χ0n) is 9.80. The molecule has 0 bridgehead atoms. The lowest BCUT2D eigenvalue weighted by molar-refractivity contribution is -0.204. The quantitative estimate of drug-likeness (QED) is 0.553. The topological polar surface area (TPSA) is 26.3 Å². The van der Waals surface area contributed by atoms with Crippen molar-refractivity contribution in [1.82, 2.24) is 0 Å². The van der Waals surface area contributed by atoms with Crippen LogP contribution in [0.3, 0.4) is 0 Å². The van der Waals surface area contributed by atoms with Crippen LogP contribution < -0.4 is 0 Å². The highest BCUT2D eigenvalue weighted by Crippen LogP contribution is 2.31. The van der Waals surface area contributed by atoms with Crippen molar-refractivity contribution >= 4 is 5.97 Å². The van der Waals surface area contributed by atoms with Crippen molar-refractivity contribution in [2.24, 2.45) is 5.92 Å². The van der Waals surface area contributed by atoms with Crippen LogP contribution in [0, 0.1) is 5.92 Å². The van der Waals surface area contributed by atoms with Crippen molar-refractivity contribution in [1.29, 1.82) is 0 Å². The molecule has 0 aromatic carbocycles. The minimum atomic E-state index is -4.93. The fourth-order valence-electron chi connectivity index (χ4n) is 1.74. The zero-order chi connectivity index (χ0) is 13.2. The van der Waals surface area contributed by atoms with E-state index in [-0.39, 0.29) is 5.92 Å². The Balaban J connectivity index is 2.71. The molecular weight excluding hydrogens is 233 g/mol. The summed E-state index contributed by atoms with van der Waals surface area (Å²) in [6.45, 7) is 7.27. The molecular formula is C12H15F3O2. The number of esters is 1. The Morgan fingerprint density at radius 3 is 2.59 bits per heavy atom. The van der Waals surface area contributed by atoms with E-state index in [1.807, 2.05) is 6.92 Å². The van der Waals surface area contributed by atoms with Gasteiger partial charge in [0.1, 0.15) is 6.10 Å². The van der Waals surface area contributed by atoms with Crippen molar-refractivity contribution in [3.05, 3.63) is 23.8 Å². The molecule has 17 heavy (non-hydrogen) atoms. The number of rotatable bonds is 2. The van der Waals surface area contributed by atoms with Crippen LogP contribution in [0.5, 0.6) is 0 Å². The number of carbonyl (C=O) groups excluding carboxylic acids is 1. The third-order valence-corrected chi connectivity index (χ3v) is 2.91. The summed E-state index contributed by atoms with van der Waals surface area (Å²) < 4.78 is 40.7. The summed E-state index contributed by atoms with van der Waals surface area (Å²) >= 11 is 0. The van der Waals surface area contributed by atoms with Crippen LogP contribution >= 0.6 is 0 Å². The molecule has 96 valence electrons. The molecule has 0 spiro atoms. The van der Waals surface area contributed by atoms with E-state index in [1.165, 1.54) is 0 Å². The summed E-state index contributed by atoms with van der Waals surface area (Å²) in [4.78, 5) is 10.8. The average Bonchev–Trinajstić information content (AvgIpc) is 2.19. The Hall–Kier alpha value is -1.26. The van der Waals surface area contributed by atoms with Gasteiger partial charge >= 0.3 is 12.1 Å². The molecule has 2 atom stereocenters. The normalized spacial score (nSPS) is 25.1. The Morgan fingerprint density at radius 2 is 2.12 bits per heavy atom. The van der Waals surface area contributed by atoms with Crippen LogP contribution in [-0.2, 0) is 9.53 Å². The molecule has 0 amide bonds. The first-order valence-corrected chi connectivity index (χ1v) is 5.31. The maximum absolute atomic E-state index is 12.1. The van der Waals surface area contributed by atoms with E-state index in [0.717, 1.165) is 12.0 Å². The minimum Gasteiger partial charge on any atom is -0.451 e. The lowest BCUT2D eigenvalue weighted by Gasteiger charge is -2.28. The van der Waals surface area contributed by atoms with E-state index < -0.39 is 18.2 Å². The molecule has 0 radical (unpaired) electrons. The highest BCUT2D eigenvalue weighted by atomic mass is 19.4. The number of alkyl halides is 3. The van der Waals surface area contributed by atoms with Gasteiger partial charge in [0.2, 0.25) is 0 Å². The van der Waals surface area contributed by atoms with Crippen LogP contribution in [0.4, 0.5) is 13.2 Å². The van der Waals surface area contributed by atoms with Gasteiger partial charge in [-0.2, -0.15) is 13.2 Å². The van der Waals surface area contributed by atoms with E-state index in [1.54, 1.807) is 13.0 Å². The maximum Gasteiger partial charge on any atom is 0.490 e. The Bertz CT molecular complexity index is 355. The van der Waals surface area contributed by atoms with Gasteiger partial charge in [-0.15, -0.1) is 0 Å². The third-order valence-electron chi connectivity index (χ3n) is 2.91. The number of hydrogen-bond donors (Lipinski definition) is 0. The zero-order valence-corrected chi connectivity index (χ0v) is 9.80. The molecule has 1 aliphatic rings. The first-order chi connectivity index (χ1) is 7.71. The average molecular weight is 248 g/mol. The summed E-state index contributed by atoms with van der Waals surface area (Å²) in [6, 6.07) is 0. The van der Waals surface area contributed by atoms with E-state index >= 15 is 0 Å². The molecule has 5 heteroatoms. The summed E-state index contributed by atoms with van der Waals surface area (Å²) in [5, 5.41) is 0. The van der Waals surface area contributed by atoms with Gasteiger partial charge in [-0.1, -0.05) is 18.2 Å². The second-order valence-corrected chi connectivity index (χ2v) is 4.35. The molecule has 2 nitrogen and oxygen atoms in total. The molecule has 0 heterocycles. The smallest absolute Gasteiger partial charge is 0.451 e. The number of allylic oxidation sites excluding steroid dienone is 2. The molecule has 0 saturated carbocycles. The molecule has 0 aliphatic heterocycles. The van der Waals surface area contributed by atoms with Gasteiger partial charge in [-0.3, -0.25) is 0 Å². The summed E-state index contributed by atoms with van der Waals surface area (Å²) in [5.41, 5.74) is 1.56. The molecule has 0 aromatic heterocycles. The Kier molecular flexibility index (Phi) is 4.01. The minimum absolute atomic E-state index is 0.0738. The standard InChI is InChI=1S/C12H15F3O2/c1-7(2)9-5-4-8(3)10(6-9)17-11(16)12(13,14)15/h4,9-10H,1,5-6H2,2-3H3/t9-,10+/m0/s1. The molecule has 1 rings (SSSR count). The number of hydrogen-bond acceptors (Lipinski definition) is 2. The highest BCUT2D eigenvalue weighted by molar-refractivity contribution is 5.76. The number of halogens is 3. The summed E-state index contributed by atoms with van der Waals surface area (Å²) in [5.74, 6) is -2.05. The second-order valence-electron chi connectivity index (χ2n) is 4.35. The highest BCUT2D eigenvalue weighted by Gasteiger charge is 2.43. The monoisotopic (exact) mass is 248 g/mol. The van der Waals surface area contributed by atoms with Crippen molar-refractivity contribution in [3.63, 3.8) is 0 Å². The molecule has 0 fully saturated rings. The lowest BCUT2D eigenvalue weighted by atomic mass is 9.84. The largest absolute Gasteiger partial charge is 0.490 e. The van der Waals surface area contributed by atoms with Crippen molar-refractivity contribution in [2.75, 3.05) is 0 Å². The lowest BCUT2D eigenvalue weighted by Crippen LogP contribution is -2.33. The van der Waals surface area contributed by atoms with E-state index in [9.17, 15) is 18.0 Å². The Labute approximate surface area is 98.1 Å². The maximum atomic E-state index is 12.1. The van der Waals surface area contributed by atoms with E-state index in [0.29, 0.717) is 12.0 Å². The molecule has 0 saturated heterocycles. The van der Waals surface area contributed by atoms with E-state index in [2.05, 4.69) is 11.3 Å². The van der Waals surface area contributed by atoms with Crippen LogP contribution in [0.1, 0.15) is 26.7 Å². The molecule has 1 aliphatic carbocycles. The van der Waals surface area contributed by atoms with Crippen molar-refractivity contribution in [2.45, 2.75) is 39.0 Å². The van der Waals surface area contributed by atoms with Crippen LogP contribution in [0.2, 0.25) is 0 Å². The fraction of sp³-hybridized carbons (Fsp3) is 0.583. The van der Waals surface area contributed by atoms with Crippen molar-refractivity contribution in [3.8, 4) is 0 Å². The third kappa shape index (κ3) is 3.61. The Morgan fingerprint density at radius 1 is 1.53 bits per heavy atom. The van der Waals surface area contributed by atoms with Gasteiger partial charge in [-0.25, -0.2) is 4.79 Å². The fourth-order valence-corrected chi connectivity index (χ4v) is 1.74. The number of carbonyl (C=O) groups is 1.